The number of amides is 1. The van der Waals surface area contributed by atoms with Gasteiger partial charge in [0.05, 0.1) is 6.54 Å². The smallest absolute Gasteiger partial charge is 0.368 e. The first-order valence-corrected chi connectivity index (χ1v) is 6.53. The molecule has 1 amide bonds. The van der Waals surface area contributed by atoms with Crippen LogP contribution < -0.4 is 11.1 Å². The van der Waals surface area contributed by atoms with Crippen LogP contribution in [0.5, 0.6) is 0 Å². The van der Waals surface area contributed by atoms with Gasteiger partial charge in [0, 0.05) is 12.6 Å². The molecule has 0 bridgehead atoms. The number of primary amides is 1. The van der Waals surface area contributed by atoms with Crippen molar-refractivity contribution >= 4 is 5.91 Å². The summed E-state index contributed by atoms with van der Waals surface area (Å²) >= 11 is 0. The monoisotopic (exact) mass is 281 g/mol. The number of hydrogen-bond donors (Lipinski definition) is 2. The van der Waals surface area contributed by atoms with Gasteiger partial charge in [-0.25, -0.2) is 0 Å². The third-order valence-corrected chi connectivity index (χ3v) is 3.13. The molecule has 4 nitrogen and oxygen atoms in total. The molecule has 1 atom stereocenters. The molecule has 0 radical (unpaired) electrons. The van der Waals surface area contributed by atoms with E-state index in [9.17, 15) is 18.0 Å². The van der Waals surface area contributed by atoms with Gasteiger partial charge in [0.2, 0.25) is 5.91 Å². The van der Waals surface area contributed by atoms with E-state index >= 15 is 0 Å². The van der Waals surface area contributed by atoms with Crippen molar-refractivity contribution in [1.82, 2.24) is 10.2 Å². The van der Waals surface area contributed by atoms with Gasteiger partial charge >= 0.3 is 6.18 Å². The molecule has 1 aliphatic carbocycles. The number of hydrogen-bond acceptors (Lipinski definition) is 3. The van der Waals surface area contributed by atoms with Crippen LogP contribution in [-0.4, -0.2) is 48.2 Å². The average Bonchev–Trinajstić information content (AvgIpc) is 2.98. The molecule has 1 rings (SSSR count). The highest BCUT2D eigenvalue weighted by molar-refractivity contribution is 5.84. The largest absolute Gasteiger partial charge is 0.401 e. The Morgan fingerprint density at radius 3 is 2.32 bits per heavy atom. The number of carbonyl (C=O) groups excluding carboxylic acids is 1. The van der Waals surface area contributed by atoms with Crippen LogP contribution in [0, 0.1) is 0 Å². The second-order valence-corrected chi connectivity index (χ2v) is 5.44. The fraction of sp³-hybridized carbons (Fsp3) is 0.917. The molecular formula is C12H22F3N3O. The summed E-state index contributed by atoms with van der Waals surface area (Å²) in [4.78, 5) is 12.8. The van der Waals surface area contributed by atoms with E-state index in [1.807, 2.05) is 0 Å². The van der Waals surface area contributed by atoms with Crippen molar-refractivity contribution in [2.45, 2.75) is 50.9 Å². The number of carbonyl (C=O) groups is 1. The van der Waals surface area contributed by atoms with Crippen molar-refractivity contribution in [3.8, 4) is 0 Å². The predicted octanol–water partition coefficient (Wildman–Crippen LogP) is 1.26. The Kier molecular flexibility index (Phi) is 5.20. The van der Waals surface area contributed by atoms with Crippen LogP contribution in [-0.2, 0) is 4.79 Å². The molecule has 0 aliphatic heterocycles. The quantitative estimate of drug-likeness (QED) is 0.704. The highest BCUT2D eigenvalue weighted by Gasteiger charge is 2.40. The van der Waals surface area contributed by atoms with Crippen molar-refractivity contribution in [2.75, 3.05) is 19.6 Å². The summed E-state index contributed by atoms with van der Waals surface area (Å²) in [5.41, 5.74) is 4.24. The molecule has 0 aromatic rings. The van der Waals surface area contributed by atoms with Gasteiger partial charge in [-0.3, -0.25) is 15.0 Å². The molecule has 7 heteroatoms. The number of rotatable bonds is 8. The number of alkyl halides is 3. The van der Waals surface area contributed by atoms with E-state index in [1.54, 1.807) is 13.8 Å². The minimum Gasteiger partial charge on any atom is -0.368 e. The molecule has 3 N–H and O–H groups in total. The first-order chi connectivity index (χ1) is 8.66. The molecule has 0 aromatic heterocycles. The second kappa shape index (κ2) is 6.09. The Hall–Kier alpha value is -0.820. The molecule has 0 aromatic carbocycles. The summed E-state index contributed by atoms with van der Waals surface area (Å²) in [6.07, 6.45) is -1.80. The molecule has 0 heterocycles. The van der Waals surface area contributed by atoms with Crippen LogP contribution in [0.15, 0.2) is 0 Å². The van der Waals surface area contributed by atoms with Gasteiger partial charge in [-0.05, 0) is 32.7 Å². The van der Waals surface area contributed by atoms with E-state index < -0.39 is 24.2 Å². The van der Waals surface area contributed by atoms with Crippen molar-refractivity contribution in [1.29, 1.82) is 0 Å². The van der Waals surface area contributed by atoms with Crippen molar-refractivity contribution in [2.24, 2.45) is 5.73 Å². The van der Waals surface area contributed by atoms with Gasteiger partial charge in [0.15, 0.2) is 0 Å². The number of halogens is 3. The maximum absolute atomic E-state index is 12.5. The molecule has 1 fully saturated rings. The molecule has 0 saturated heterocycles. The second-order valence-electron chi connectivity index (χ2n) is 5.44. The van der Waals surface area contributed by atoms with Crippen LogP contribution in [0.4, 0.5) is 13.2 Å². The minimum atomic E-state index is -4.27. The van der Waals surface area contributed by atoms with Gasteiger partial charge in [0.25, 0.3) is 0 Å². The Balaban J connectivity index is 2.68. The van der Waals surface area contributed by atoms with E-state index in [1.165, 1.54) is 4.90 Å². The van der Waals surface area contributed by atoms with Gasteiger partial charge in [-0.2, -0.15) is 13.2 Å². The Labute approximate surface area is 111 Å². The number of nitrogens with two attached hydrogens (primary N) is 1. The fourth-order valence-electron chi connectivity index (χ4n) is 2.10. The lowest BCUT2D eigenvalue weighted by Gasteiger charge is -2.34. The molecule has 112 valence electrons. The maximum Gasteiger partial charge on any atom is 0.401 e. The highest BCUT2D eigenvalue weighted by Crippen LogP contribution is 2.24. The Morgan fingerprint density at radius 1 is 1.37 bits per heavy atom. The first-order valence-electron chi connectivity index (χ1n) is 6.53. The van der Waals surface area contributed by atoms with Crippen molar-refractivity contribution in [3.63, 3.8) is 0 Å². The predicted molar refractivity (Wildman–Crippen MR) is 66.5 cm³/mol. The van der Waals surface area contributed by atoms with Crippen LogP contribution >= 0.6 is 0 Å². The summed E-state index contributed by atoms with van der Waals surface area (Å²) < 4.78 is 37.5. The zero-order valence-electron chi connectivity index (χ0n) is 11.4. The molecule has 19 heavy (non-hydrogen) atoms. The average molecular weight is 281 g/mol. The zero-order valence-corrected chi connectivity index (χ0v) is 11.4. The molecule has 0 spiro atoms. The standard InChI is InChI=1S/C12H22F3N3O/c1-3-6-18(8-12(13,14)15)7-11(2,10(16)19)17-9-4-5-9/h9,17H,3-8H2,1-2H3,(H2,16,19). The fourth-order valence-corrected chi connectivity index (χ4v) is 2.10. The molecule has 1 unspecified atom stereocenters. The van der Waals surface area contributed by atoms with E-state index in [0.29, 0.717) is 6.42 Å². The SMILES string of the molecule is CCCN(CC(F)(F)F)CC(C)(NC1CC1)C(N)=O. The topological polar surface area (TPSA) is 58.4 Å². The number of nitrogens with one attached hydrogen (secondary N) is 1. The third kappa shape index (κ3) is 5.78. The lowest BCUT2D eigenvalue weighted by atomic mass is 10.00. The van der Waals surface area contributed by atoms with E-state index in [2.05, 4.69) is 5.32 Å². The Bertz CT molecular complexity index is 318. The van der Waals surface area contributed by atoms with Gasteiger partial charge < -0.3 is 5.73 Å². The van der Waals surface area contributed by atoms with Crippen LogP contribution in [0.1, 0.15) is 33.1 Å². The minimum absolute atomic E-state index is 0.0216. The van der Waals surface area contributed by atoms with E-state index in [0.717, 1.165) is 12.8 Å². The van der Waals surface area contributed by atoms with Crippen LogP contribution in [0.3, 0.4) is 0 Å². The van der Waals surface area contributed by atoms with Gasteiger partial charge in [-0.15, -0.1) is 0 Å². The van der Waals surface area contributed by atoms with Crippen molar-refractivity contribution < 1.29 is 18.0 Å². The van der Waals surface area contributed by atoms with Crippen molar-refractivity contribution in [3.05, 3.63) is 0 Å². The summed E-state index contributed by atoms with van der Waals surface area (Å²) in [5, 5.41) is 3.06. The van der Waals surface area contributed by atoms with Crippen LogP contribution in [0.25, 0.3) is 0 Å². The zero-order chi connectivity index (χ0) is 14.7. The maximum atomic E-state index is 12.5. The van der Waals surface area contributed by atoms with Gasteiger partial charge in [-0.1, -0.05) is 6.92 Å². The molecule has 1 aliphatic rings. The summed E-state index contributed by atoms with van der Waals surface area (Å²) in [6, 6.07) is 0.201. The lowest BCUT2D eigenvalue weighted by molar-refractivity contribution is -0.150. The summed E-state index contributed by atoms with van der Waals surface area (Å²) in [5.74, 6) is -0.609. The highest BCUT2D eigenvalue weighted by atomic mass is 19.4. The summed E-state index contributed by atoms with van der Waals surface area (Å²) in [6.45, 7) is 2.63. The normalized spacial score (nSPS) is 19.5. The van der Waals surface area contributed by atoms with Gasteiger partial charge in [0.1, 0.15) is 5.54 Å². The molecular weight excluding hydrogens is 259 g/mol. The first kappa shape index (κ1) is 16.2. The molecule has 1 saturated carbocycles. The lowest BCUT2D eigenvalue weighted by Crippen LogP contribution is -2.61. The summed E-state index contributed by atoms with van der Waals surface area (Å²) in [7, 11) is 0. The van der Waals surface area contributed by atoms with E-state index in [4.69, 9.17) is 5.73 Å². The number of nitrogens with zero attached hydrogens (tertiary/aromatic N) is 1. The van der Waals surface area contributed by atoms with Crippen LogP contribution in [0.2, 0.25) is 0 Å². The van der Waals surface area contributed by atoms with E-state index in [-0.39, 0.29) is 19.1 Å². The third-order valence-electron chi connectivity index (χ3n) is 3.13. The Morgan fingerprint density at radius 2 is 1.95 bits per heavy atom.